The molecule has 0 saturated heterocycles. The van der Waals surface area contributed by atoms with Gasteiger partial charge in [0.25, 0.3) is 5.91 Å². The molecule has 0 aromatic carbocycles. The molecule has 0 atom stereocenters. The summed E-state index contributed by atoms with van der Waals surface area (Å²) in [6.07, 6.45) is 5.21. The van der Waals surface area contributed by atoms with Crippen LogP contribution in [0.25, 0.3) is 0 Å². The maximum Gasteiger partial charge on any atom is 0.297 e. The smallest absolute Gasteiger partial charge is 0.295 e. The van der Waals surface area contributed by atoms with Crippen LogP contribution < -0.4 is 5.32 Å². The third-order valence-electron chi connectivity index (χ3n) is 3.14. The Bertz CT molecular complexity index is 580. The Hall–Kier alpha value is -1.76. The number of carbonyl (C=O) groups excluding carboxylic acids is 1. The number of hydrogen-bond donors (Lipinski definition) is 2. The van der Waals surface area contributed by atoms with Crippen LogP contribution in [0.4, 0.5) is 5.13 Å². The molecule has 2 aromatic heterocycles. The maximum atomic E-state index is 12.0. The van der Waals surface area contributed by atoms with E-state index in [1.165, 1.54) is 17.7 Å². The number of hydrogen-bond acceptors (Lipinski definition) is 5. The summed E-state index contributed by atoms with van der Waals surface area (Å²) in [5.74, 6) is 0.579. The second kappa shape index (κ2) is 5.08. The number of aromatic nitrogens is 4. The van der Waals surface area contributed by atoms with E-state index in [0.717, 1.165) is 25.0 Å². The van der Waals surface area contributed by atoms with E-state index in [-0.39, 0.29) is 11.7 Å². The Morgan fingerprint density at radius 3 is 2.95 bits per heavy atom. The van der Waals surface area contributed by atoms with Crippen molar-refractivity contribution in [3.63, 3.8) is 0 Å². The van der Waals surface area contributed by atoms with E-state index in [0.29, 0.717) is 11.0 Å². The molecule has 6 nitrogen and oxygen atoms in total. The number of aryl methyl sites for hydroxylation is 3. The predicted octanol–water partition coefficient (Wildman–Crippen LogP) is 1.95. The molecule has 100 valence electrons. The van der Waals surface area contributed by atoms with Crippen LogP contribution in [-0.2, 0) is 19.3 Å². The molecule has 2 heterocycles. The van der Waals surface area contributed by atoms with Gasteiger partial charge in [-0.25, -0.2) is 9.97 Å². The Morgan fingerprint density at radius 1 is 1.37 bits per heavy atom. The minimum Gasteiger partial charge on any atom is -0.295 e. The number of thiazole rings is 1. The lowest BCUT2D eigenvalue weighted by Gasteiger charge is -2.06. The van der Waals surface area contributed by atoms with Crippen LogP contribution in [0.2, 0.25) is 0 Å². The molecule has 0 fully saturated rings. The van der Waals surface area contributed by atoms with Crippen molar-refractivity contribution in [1.29, 1.82) is 0 Å². The first-order valence-corrected chi connectivity index (χ1v) is 7.29. The monoisotopic (exact) mass is 277 g/mol. The molecule has 0 unspecified atom stereocenters. The van der Waals surface area contributed by atoms with Gasteiger partial charge in [-0.05, 0) is 25.7 Å². The highest BCUT2D eigenvalue weighted by Crippen LogP contribution is 2.29. The average Bonchev–Trinajstić information content (AvgIpc) is 3.04. The fourth-order valence-corrected chi connectivity index (χ4v) is 3.16. The first kappa shape index (κ1) is 12.3. The largest absolute Gasteiger partial charge is 0.297 e. The fourth-order valence-electron chi connectivity index (χ4n) is 2.11. The summed E-state index contributed by atoms with van der Waals surface area (Å²) >= 11 is 1.56. The van der Waals surface area contributed by atoms with Crippen molar-refractivity contribution < 1.29 is 4.79 Å². The molecule has 1 aliphatic rings. The van der Waals surface area contributed by atoms with Gasteiger partial charge in [-0.2, -0.15) is 0 Å². The van der Waals surface area contributed by atoms with E-state index in [2.05, 4.69) is 25.5 Å². The van der Waals surface area contributed by atoms with Crippen molar-refractivity contribution >= 4 is 22.4 Å². The first-order chi connectivity index (χ1) is 9.26. The summed E-state index contributed by atoms with van der Waals surface area (Å²) in [6, 6.07) is 0. The number of carbonyl (C=O) groups is 1. The van der Waals surface area contributed by atoms with Crippen molar-refractivity contribution in [1.82, 2.24) is 20.2 Å². The van der Waals surface area contributed by atoms with Crippen molar-refractivity contribution in [3.8, 4) is 0 Å². The molecule has 1 amide bonds. The quantitative estimate of drug-likeness (QED) is 0.898. The predicted molar refractivity (Wildman–Crippen MR) is 72.5 cm³/mol. The van der Waals surface area contributed by atoms with Crippen molar-refractivity contribution in [2.75, 3.05) is 5.32 Å². The molecule has 0 bridgehead atoms. The van der Waals surface area contributed by atoms with E-state index >= 15 is 0 Å². The minimum absolute atomic E-state index is 0.171. The van der Waals surface area contributed by atoms with Crippen LogP contribution in [-0.4, -0.2) is 26.1 Å². The van der Waals surface area contributed by atoms with E-state index < -0.39 is 0 Å². The molecule has 7 heteroatoms. The highest BCUT2D eigenvalue weighted by molar-refractivity contribution is 7.15. The Balaban J connectivity index is 1.73. The van der Waals surface area contributed by atoms with Crippen molar-refractivity contribution in [2.24, 2.45) is 0 Å². The lowest BCUT2D eigenvalue weighted by molar-refractivity contribution is 0.101. The lowest BCUT2D eigenvalue weighted by atomic mass is 10.0. The third-order valence-corrected chi connectivity index (χ3v) is 4.21. The molecular weight excluding hydrogens is 262 g/mol. The van der Waals surface area contributed by atoms with Crippen LogP contribution in [0.15, 0.2) is 0 Å². The van der Waals surface area contributed by atoms with Crippen LogP contribution >= 0.6 is 11.3 Å². The van der Waals surface area contributed by atoms with Gasteiger partial charge in [0.05, 0.1) is 5.69 Å². The van der Waals surface area contributed by atoms with E-state index in [1.807, 2.05) is 6.92 Å². The number of nitrogens with one attached hydrogen (secondary N) is 2. The first-order valence-electron chi connectivity index (χ1n) is 6.47. The SMILES string of the molecule is CCc1nc(C(=O)Nc2nc3c(s2)CCCC3)n[nH]1. The number of nitrogens with zero attached hydrogens (tertiary/aromatic N) is 3. The van der Waals surface area contributed by atoms with Crippen LogP contribution in [0, 0.1) is 0 Å². The summed E-state index contributed by atoms with van der Waals surface area (Å²) in [5, 5.41) is 10.1. The Kier molecular flexibility index (Phi) is 3.29. The topological polar surface area (TPSA) is 83.6 Å². The van der Waals surface area contributed by atoms with Gasteiger partial charge >= 0.3 is 0 Å². The second-order valence-corrected chi connectivity index (χ2v) is 5.59. The van der Waals surface area contributed by atoms with E-state index in [4.69, 9.17) is 0 Å². The second-order valence-electron chi connectivity index (χ2n) is 4.51. The molecule has 0 spiro atoms. The number of H-pyrrole nitrogens is 1. The van der Waals surface area contributed by atoms with Crippen LogP contribution in [0.3, 0.4) is 0 Å². The van der Waals surface area contributed by atoms with Crippen molar-refractivity contribution in [3.05, 3.63) is 22.2 Å². The van der Waals surface area contributed by atoms with Gasteiger partial charge in [0.1, 0.15) is 5.82 Å². The summed E-state index contributed by atoms with van der Waals surface area (Å²) in [7, 11) is 0. The van der Waals surface area contributed by atoms with E-state index in [9.17, 15) is 4.79 Å². The summed E-state index contributed by atoms with van der Waals surface area (Å²) in [4.78, 5) is 21.8. The number of amides is 1. The summed E-state index contributed by atoms with van der Waals surface area (Å²) in [5.41, 5.74) is 1.13. The minimum atomic E-state index is -0.304. The lowest BCUT2D eigenvalue weighted by Crippen LogP contribution is -2.13. The number of fused-ring (bicyclic) bond motifs is 1. The molecule has 3 rings (SSSR count). The molecule has 0 saturated carbocycles. The van der Waals surface area contributed by atoms with Crippen LogP contribution in [0.5, 0.6) is 0 Å². The van der Waals surface area contributed by atoms with Gasteiger partial charge in [0, 0.05) is 11.3 Å². The Morgan fingerprint density at radius 2 is 2.21 bits per heavy atom. The number of aromatic amines is 1. The van der Waals surface area contributed by atoms with Crippen molar-refractivity contribution in [2.45, 2.75) is 39.0 Å². The highest BCUT2D eigenvalue weighted by atomic mass is 32.1. The Labute approximate surface area is 114 Å². The fraction of sp³-hybridized carbons (Fsp3) is 0.500. The maximum absolute atomic E-state index is 12.0. The zero-order valence-corrected chi connectivity index (χ0v) is 11.5. The normalized spacial score (nSPS) is 14.2. The standard InChI is InChI=1S/C12H15N5OS/c1-2-9-14-10(17-16-9)11(18)15-12-13-7-5-3-4-6-8(7)19-12/h2-6H2,1H3,(H,13,15,18)(H,14,16,17). The molecular formula is C12H15N5OS. The molecule has 2 N–H and O–H groups in total. The molecule has 19 heavy (non-hydrogen) atoms. The van der Waals surface area contributed by atoms with Gasteiger partial charge in [-0.15, -0.1) is 16.4 Å². The number of anilines is 1. The molecule has 0 aliphatic heterocycles. The summed E-state index contributed by atoms with van der Waals surface area (Å²) in [6.45, 7) is 1.96. The van der Waals surface area contributed by atoms with Gasteiger partial charge in [0.2, 0.25) is 5.82 Å². The summed E-state index contributed by atoms with van der Waals surface area (Å²) < 4.78 is 0. The van der Waals surface area contributed by atoms with Gasteiger partial charge in [0.15, 0.2) is 5.13 Å². The van der Waals surface area contributed by atoms with Gasteiger partial charge in [-0.3, -0.25) is 15.2 Å². The van der Waals surface area contributed by atoms with E-state index in [1.54, 1.807) is 11.3 Å². The third kappa shape index (κ3) is 2.51. The molecule has 1 aliphatic carbocycles. The molecule has 2 aromatic rings. The van der Waals surface area contributed by atoms with Gasteiger partial charge in [-0.1, -0.05) is 6.92 Å². The van der Waals surface area contributed by atoms with Gasteiger partial charge < -0.3 is 0 Å². The molecule has 0 radical (unpaired) electrons. The number of rotatable bonds is 3. The average molecular weight is 277 g/mol. The zero-order chi connectivity index (χ0) is 13.2. The highest BCUT2D eigenvalue weighted by Gasteiger charge is 2.18. The van der Waals surface area contributed by atoms with Crippen LogP contribution in [0.1, 0.15) is 46.8 Å². The zero-order valence-electron chi connectivity index (χ0n) is 10.7.